The van der Waals surface area contributed by atoms with E-state index in [0.29, 0.717) is 25.2 Å². The number of aliphatic hydroxyl groups is 1. The molecule has 0 spiro atoms. The van der Waals surface area contributed by atoms with E-state index >= 15 is 0 Å². The third kappa shape index (κ3) is 5.03. The lowest BCUT2D eigenvalue weighted by Crippen LogP contribution is -2.33. The summed E-state index contributed by atoms with van der Waals surface area (Å²) in [5, 5.41) is 15.9. The zero-order valence-electron chi connectivity index (χ0n) is 14.2. The van der Waals surface area contributed by atoms with E-state index in [4.69, 9.17) is 4.74 Å². The zero-order chi connectivity index (χ0) is 16.8. The van der Waals surface area contributed by atoms with E-state index < -0.39 is 0 Å². The van der Waals surface area contributed by atoms with Crippen LogP contribution in [0, 0.1) is 12.8 Å². The maximum Gasteiger partial charge on any atom is 0.140 e. The Morgan fingerprint density at radius 1 is 1.21 bits per heavy atom. The molecular formula is C19H26N2O2S. The summed E-state index contributed by atoms with van der Waals surface area (Å²) >= 11 is 1.65. The van der Waals surface area contributed by atoms with Crippen LogP contribution < -0.4 is 10.1 Å². The van der Waals surface area contributed by atoms with Gasteiger partial charge in [0.1, 0.15) is 17.4 Å². The molecule has 1 aliphatic carbocycles. The summed E-state index contributed by atoms with van der Waals surface area (Å²) in [7, 11) is 0. The Kier molecular flexibility index (Phi) is 6.24. The maximum atomic E-state index is 9.19. The Bertz CT molecular complexity index is 619. The van der Waals surface area contributed by atoms with Gasteiger partial charge in [0.05, 0.1) is 5.69 Å². The van der Waals surface area contributed by atoms with E-state index in [2.05, 4.69) is 34.7 Å². The number of nitrogens with zero attached hydrogens (tertiary/aromatic N) is 1. The quantitative estimate of drug-likeness (QED) is 0.803. The van der Waals surface area contributed by atoms with Crippen molar-refractivity contribution >= 4 is 11.3 Å². The molecule has 24 heavy (non-hydrogen) atoms. The van der Waals surface area contributed by atoms with Gasteiger partial charge in [-0.15, -0.1) is 11.3 Å². The molecule has 130 valence electrons. The number of ether oxygens (including phenoxy) is 1. The molecule has 5 heteroatoms. The highest BCUT2D eigenvalue weighted by Crippen LogP contribution is 2.24. The van der Waals surface area contributed by atoms with Crippen molar-refractivity contribution in [3.8, 4) is 5.75 Å². The smallest absolute Gasteiger partial charge is 0.140 e. The lowest BCUT2D eigenvalue weighted by molar-refractivity contribution is 0.175. The summed E-state index contributed by atoms with van der Waals surface area (Å²) in [6.07, 6.45) is 4.55. The van der Waals surface area contributed by atoms with Crippen molar-refractivity contribution in [2.24, 2.45) is 5.92 Å². The molecular weight excluding hydrogens is 320 g/mol. The monoisotopic (exact) mass is 346 g/mol. The van der Waals surface area contributed by atoms with Crippen LogP contribution in [-0.4, -0.2) is 22.7 Å². The minimum absolute atomic E-state index is 0.336. The second-order valence-corrected chi connectivity index (χ2v) is 7.56. The van der Waals surface area contributed by atoms with Crippen LogP contribution in [-0.2, 0) is 13.2 Å². The first-order valence-electron chi connectivity index (χ1n) is 8.70. The number of aliphatic hydroxyl groups excluding tert-OH is 1. The summed E-state index contributed by atoms with van der Waals surface area (Å²) < 4.78 is 5.78. The first-order valence-corrected chi connectivity index (χ1v) is 9.58. The average molecular weight is 346 g/mol. The van der Waals surface area contributed by atoms with Crippen LogP contribution in [0.2, 0.25) is 0 Å². The molecule has 3 rings (SSSR count). The van der Waals surface area contributed by atoms with Gasteiger partial charge in [-0.2, -0.15) is 0 Å². The summed E-state index contributed by atoms with van der Waals surface area (Å²) in [6, 6.07) is 8.65. The second-order valence-electron chi connectivity index (χ2n) is 6.62. The summed E-state index contributed by atoms with van der Waals surface area (Å²) in [5.41, 5.74) is 2.32. The van der Waals surface area contributed by atoms with Gasteiger partial charge in [0.25, 0.3) is 0 Å². The van der Waals surface area contributed by atoms with Gasteiger partial charge in [-0.05, 0) is 50.7 Å². The number of nitrogens with one attached hydrogen (secondary N) is 1. The molecule has 4 nitrogen and oxygen atoms in total. The fourth-order valence-corrected chi connectivity index (χ4v) is 3.78. The van der Waals surface area contributed by atoms with Crippen LogP contribution in [0.15, 0.2) is 29.6 Å². The van der Waals surface area contributed by atoms with E-state index in [9.17, 15) is 5.11 Å². The topological polar surface area (TPSA) is 54.4 Å². The van der Waals surface area contributed by atoms with E-state index in [1.165, 1.54) is 5.56 Å². The molecule has 0 saturated heterocycles. The normalized spacial score (nSPS) is 20.9. The number of benzene rings is 1. The lowest BCUT2D eigenvalue weighted by Gasteiger charge is -2.27. The maximum absolute atomic E-state index is 9.19. The van der Waals surface area contributed by atoms with E-state index in [-0.39, 0.29) is 0 Å². The number of thiazole rings is 1. The molecule has 2 N–H and O–H groups in total. The standard InChI is InChI=1S/C19H26N2O2S/c1-14-2-8-18(9-3-14)23-12-19-21-17(13-24-19)10-20-16-6-4-15(11-22)5-7-16/h2-3,8-9,13,15-16,20,22H,4-7,10-12H2,1H3. The molecule has 1 saturated carbocycles. The first kappa shape index (κ1) is 17.4. The van der Waals surface area contributed by atoms with Gasteiger partial charge in [-0.1, -0.05) is 17.7 Å². The third-order valence-electron chi connectivity index (χ3n) is 4.66. The van der Waals surface area contributed by atoms with Crippen LogP contribution in [0.1, 0.15) is 41.9 Å². The number of rotatable bonds is 7. The van der Waals surface area contributed by atoms with Crippen LogP contribution in [0.25, 0.3) is 0 Å². The zero-order valence-corrected chi connectivity index (χ0v) is 15.0. The minimum atomic E-state index is 0.336. The van der Waals surface area contributed by atoms with E-state index in [1.54, 1.807) is 11.3 Å². The Labute approximate surface area is 147 Å². The fourth-order valence-electron chi connectivity index (χ4n) is 3.07. The van der Waals surface area contributed by atoms with Crippen LogP contribution >= 0.6 is 11.3 Å². The molecule has 1 aromatic heterocycles. The van der Waals surface area contributed by atoms with Gasteiger partial charge in [0, 0.05) is 24.6 Å². The van der Waals surface area contributed by atoms with Gasteiger partial charge >= 0.3 is 0 Å². The van der Waals surface area contributed by atoms with Crippen molar-refractivity contribution in [1.29, 1.82) is 0 Å². The predicted molar refractivity (Wildman–Crippen MR) is 97.3 cm³/mol. The average Bonchev–Trinajstić information content (AvgIpc) is 3.08. The third-order valence-corrected chi connectivity index (χ3v) is 5.53. The van der Waals surface area contributed by atoms with Gasteiger partial charge in [-0.3, -0.25) is 0 Å². The van der Waals surface area contributed by atoms with Gasteiger partial charge in [0.2, 0.25) is 0 Å². The summed E-state index contributed by atoms with van der Waals surface area (Å²) in [6.45, 7) is 3.74. The molecule has 0 aliphatic heterocycles. The molecule has 0 unspecified atom stereocenters. The van der Waals surface area contributed by atoms with E-state index in [0.717, 1.165) is 48.7 Å². The van der Waals surface area contributed by atoms with Gasteiger partial charge in [-0.25, -0.2) is 4.98 Å². The summed E-state index contributed by atoms with van der Waals surface area (Å²) in [5.74, 6) is 1.39. The van der Waals surface area contributed by atoms with Crippen molar-refractivity contribution in [3.05, 3.63) is 45.9 Å². The Balaban J connectivity index is 1.41. The molecule has 1 aromatic carbocycles. The number of aryl methyl sites for hydroxylation is 1. The van der Waals surface area contributed by atoms with E-state index in [1.807, 2.05) is 12.1 Å². The lowest BCUT2D eigenvalue weighted by atomic mass is 9.86. The van der Waals surface area contributed by atoms with Crippen molar-refractivity contribution in [3.63, 3.8) is 0 Å². The Morgan fingerprint density at radius 3 is 2.67 bits per heavy atom. The van der Waals surface area contributed by atoms with Crippen LogP contribution in [0.5, 0.6) is 5.75 Å². The van der Waals surface area contributed by atoms with Crippen molar-refractivity contribution < 1.29 is 9.84 Å². The minimum Gasteiger partial charge on any atom is -0.486 e. The molecule has 1 heterocycles. The molecule has 0 radical (unpaired) electrons. The summed E-state index contributed by atoms with van der Waals surface area (Å²) in [4.78, 5) is 4.65. The molecule has 1 fully saturated rings. The molecule has 2 aromatic rings. The fraction of sp³-hybridized carbons (Fsp3) is 0.526. The number of hydrogen-bond acceptors (Lipinski definition) is 5. The van der Waals surface area contributed by atoms with Crippen molar-refractivity contribution in [1.82, 2.24) is 10.3 Å². The van der Waals surface area contributed by atoms with Crippen molar-refractivity contribution in [2.75, 3.05) is 6.61 Å². The Hall–Kier alpha value is -1.43. The highest BCUT2D eigenvalue weighted by atomic mass is 32.1. The first-order chi connectivity index (χ1) is 11.7. The number of hydrogen-bond donors (Lipinski definition) is 2. The SMILES string of the molecule is Cc1ccc(OCc2nc(CNC3CCC(CO)CC3)cs2)cc1. The van der Waals surface area contributed by atoms with Crippen LogP contribution in [0.4, 0.5) is 0 Å². The van der Waals surface area contributed by atoms with Crippen LogP contribution in [0.3, 0.4) is 0 Å². The Morgan fingerprint density at radius 2 is 1.96 bits per heavy atom. The number of aromatic nitrogens is 1. The second kappa shape index (κ2) is 8.60. The molecule has 1 aliphatic rings. The molecule has 0 bridgehead atoms. The van der Waals surface area contributed by atoms with Gasteiger partial charge < -0.3 is 15.2 Å². The highest BCUT2D eigenvalue weighted by molar-refractivity contribution is 7.09. The highest BCUT2D eigenvalue weighted by Gasteiger charge is 2.20. The largest absolute Gasteiger partial charge is 0.486 e. The van der Waals surface area contributed by atoms with Gasteiger partial charge in [0.15, 0.2) is 0 Å². The molecule has 0 atom stereocenters. The molecule has 0 amide bonds. The van der Waals surface area contributed by atoms with Crippen molar-refractivity contribution in [2.45, 2.75) is 51.8 Å². The predicted octanol–water partition coefficient (Wildman–Crippen LogP) is 3.67.